The summed E-state index contributed by atoms with van der Waals surface area (Å²) < 4.78 is 17.6. The minimum atomic E-state index is -1.29. The average molecular weight is 581 g/mol. The molecular weight excluding hydrogens is 528 g/mol. The van der Waals surface area contributed by atoms with Crippen molar-refractivity contribution >= 4 is 23.8 Å². The highest BCUT2D eigenvalue weighted by molar-refractivity contribution is 6.00. The van der Waals surface area contributed by atoms with Crippen LogP contribution in [0.2, 0.25) is 0 Å². The minimum absolute atomic E-state index is 0.0528. The van der Waals surface area contributed by atoms with Gasteiger partial charge in [0, 0.05) is 42.8 Å². The molecule has 0 bridgehead atoms. The molecule has 0 aromatic heterocycles. The van der Waals surface area contributed by atoms with Crippen molar-refractivity contribution < 1.29 is 38.5 Å². The minimum Gasteiger partial charge on any atom is -0.459 e. The lowest BCUT2D eigenvalue weighted by Gasteiger charge is -2.43. The van der Waals surface area contributed by atoms with E-state index in [4.69, 9.17) is 14.2 Å². The highest BCUT2D eigenvalue weighted by atomic mass is 16.7. The molecule has 0 radical (unpaired) electrons. The summed E-state index contributed by atoms with van der Waals surface area (Å²) in [6.07, 6.45) is 0.156. The van der Waals surface area contributed by atoms with E-state index >= 15 is 0 Å². The van der Waals surface area contributed by atoms with E-state index in [2.05, 4.69) is 4.90 Å². The molecule has 41 heavy (non-hydrogen) atoms. The molecule has 0 aromatic carbocycles. The summed E-state index contributed by atoms with van der Waals surface area (Å²) in [5.41, 5.74) is -2.16. The van der Waals surface area contributed by atoms with E-state index in [1.807, 2.05) is 32.6 Å². The standard InChI is InChI=1S/C31H52N2O8/c1-9-24-31(8)27(33(29(38)41-31)12-10-11-32-13-15-39-16-14-32)21(4)25(35)19(2)17-30(7,18-34)23(6)20(3)26(36)22(5)28(37)40-24/h18-24,27,29,38H,9-17H2,1-8H3/t19-,20-,21+,22-,23-,24-,27-,29?,30+,31-/m1/s1. The fraction of sp³-hybridized carbons (Fsp3) is 0.871. The topological polar surface area (TPSA) is 123 Å². The van der Waals surface area contributed by atoms with Gasteiger partial charge in [-0.1, -0.05) is 41.5 Å². The summed E-state index contributed by atoms with van der Waals surface area (Å²) in [6, 6.07) is -0.595. The Bertz CT molecular complexity index is 954. The van der Waals surface area contributed by atoms with Crippen molar-refractivity contribution in [1.82, 2.24) is 9.80 Å². The van der Waals surface area contributed by atoms with E-state index in [-0.39, 0.29) is 18.0 Å². The molecule has 0 aromatic rings. The number of aliphatic hydroxyl groups is 1. The van der Waals surface area contributed by atoms with E-state index in [0.29, 0.717) is 26.2 Å². The first-order chi connectivity index (χ1) is 19.2. The second-order valence-corrected chi connectivity index (χ2v) is 13.1. The van der Waals surface area contributed by atoms with E-state index < -0.39 is 65.1 Å². The van der Waals surface area contributed by atoms with Crippen LogP contribution in [0.4, 0.5) is 0 Å². The van der Waals surface area contributed by atoms with Crippen LogP contribution in [0.15, 0.2) is 0 Å². The third kappa shape index (κ3) is 6.93. The number of morpholine rings is 1. The highest BCUT2D eigenvalue weighted by Gasteiger charge is 2.59. The van der Waals surface area contributed by atoms with Gasteiger partial charge in [-0.15, -0.1) is 0 Å². The number of aldehydes is 1. The van der Waals surface area contributed by atoms with Gasteiger partial charge in [-0.25, -0.2) is 4.90 Å². The maximum Gasteiger partial charge on any atom is 0.316 e. The van der Waals surface area contributed by atoms with Crippen LogP contribution >= 0.6 is 0 Å². The summed E-state index contributed by atoms with van der Waals surface area (Å²) in [4.78, 5) is 57.4. The molecule has 3 heterocycles. The number of carbonyl (C=O) groups is 4. The van der Waals surface area contributed by atoms with E-state index in [1.54, 1.807) is 27.7 Å². The molecule has 10 nitrogen and oxygen atoms in total. The van der Waals surface area contributed by atoms with Gasteiger partial charge < -0.3 is 24.1 Å². The molecule has 0 spiro atoms. The number of ketones is 2. The van der Waals surface area contributed by atoms with Crippen LogP contribution in [0, 0.1) is 35.0 Å². The smallest absolute Gasteiger partial charge is 0.316 e. The first-order valence-electron chi connectivity index (χ1n) is 15.4. The first-order valence-corrected chi connectivity index (χ1v) is 15.4. The van der Waals surface area contributed by atoms with Crippen molar-refractivity contribution in [1.29, 1.82) is 0 Å². The SMILES string of the molecule is CC[C@H]1OC(=O)[C@H](C)C(=O)[C@H](C)[C@@H](C)[C@](C)(C=O)C[C@@H](C)C(=O)[C@H](C)[C@H]2N(CCCN3CCOCC3)C(O)O[C@]12C. The van der Waals surface area contributed by atoms with Crippen LogP contribution in [-0.4, -0.2) is 102 Å². The number of Topliss-reactive ketones (excluding diaryl/α,β-unsaturated/α-hetero) is 2. The zero-order valence-corrected chi connectivity index (χ0v) is 26.3. The molecule has 0 amide bonds. The summed E-state index contributed by atoms with van der Waals surface area (Å²) in [6.45, 7) is 18.6. The number of aliphatic hydroxyl groups excluding tert-OH is 1. The zero-order chi connectivity index (χ0) is 30.7. The van der Waals surface area contributed by atoms with E-state index in [0.717, 1.165) is 32.3 Å². The predicted molar refractivity (Wildman–Crippen MR) is 153 cm³/mol. The fourth-order valence-electron chi connectivity index (χ4n) is 7.31. The van der Waals surface area contributed by atoms with Crippen molar-refractivity contribution in [2.75, 3.05) is 39.4 Å². The number of ether oxygens (including phenoxy) is 3. The number of carbonyl (C=O) groups excluding carboxylic acids is 4. The van der Waals surface area contributed by atoms with Crippen molar-refractivity contribution in [2.24, 2.45) is 35.0 Å². The maximum atomic E-state index is 14.1. The van der Waals surface area contributed by atoms with E-state index in [1.165, 1.54) is 0 Å². The van der Waals surface area contributed by atoms with Gasteiger partial charge in [0.1, 0.15) is 35.5 Å². The predicted octanol–water partition coefficient (Wildman–Crippen LogP) is 2.69. The maximum absolute atomic E-state index is 14.1. The molecule has 3 rings (SSSR count). The number of cyclic esters (lactones) is 1. The van der Waals surface area contributed by atoms with Crippen LogP contribution in [0.1, 0.15) is 74.7 Å². The quantitative estimate of drug-likeness (QED) is 0.285. The molecule has 234 valence electrons. The van der Waals surface area contributed by atoms with Gasteiger partial charge in [-0.3, -0.25) is 19.3 Å². The average Bonchev–Trinajstić information content (AvgIpc) is 3.22. The molecule has 1 unspecified atom stereocenters. The van der Waals surface area contributed by atoms with Gasteiger partial charge in [0.25, 0.3) is 0 Å². The number of rotatable bonds is 6. The third-order valence-electron chi connectivity index (χ3n) is 10.3. The van der Waals surface area contributed by atoms with Gasteiger partial charge in [-0.05, 0) is 45.6 Å². The molecule has 10 heteroatoms. The Hall–Kier alpha value is -1.72. The molecule has 1 N–H and O–H groups in total. The Labute approximate surface area is 245 Å². The van der Waals surface area contributed by atoms with Gasteiger partial charge in [-0.2, -0.15) is 0 Å². The van der Waals surface area contributed by atoms with Crippen LogP contribution < -0.4 is 0 Å². The summed E-state index contributed by atoms with van der Waals surface area (Å²) >= 11 is 0. The second-order valence-electron chi connectivity index (χ2n) is 13.1. The Morgan fingerprint density at radius 2 is 1.61 bits per heavy atom. The lowest BCUT2D eigenvalue weighted by molar-refractivity contribution is -0.207. The first kappa shape index (κ1) is 33.8. The Morgan fingerprint density at radius 1 is 0.976 bits per heavy atom. The Kier molecular flexibility index (Phi) is 11.3. The van der Waals surface area contributed by atoms with Crippen molar-refractivity contribution in [3.05, 3.63) is 0 Å². The monoisotopic (exact) mass is 580 g/mol. The summed E-state index contributed by atoms with van der Waals surface area (Å²) in [5.74, 6) is -4.10. The normalized spacial score (nSPS) is 42.4. The second kappa shape index (κ2) is 13.7. The molecule has 3 saturated heterocycles. The lowest BCUT2D eigenvalue weighted by atomic mass is 9.65. The highest BCUT2D eigenvalue weighted by Crippen LogP contribution is 2.44. The van der Waals surface area contributed by atoms with Crippen LogP contribution in [0.5, 0.6) is 0 Å². The van der Waals surface area contributed by atoms with Crippen molar-refractivity contribution in [3.8, 4) is 0 Å². The number of nitrogens with zero attached hydrogens (tertiary/aromatic N) is 2. The Morgan fingerprint density at radius 3 is 2.20 bits per heavy atom. The number of hydrogen-bond donors (Lipinski definition) is 1. The summed E-state index contributed by atoms with van der Waals surface area (Å²) in [7, 11) is 0. The van der Waals surface area contributed by atoms with Crippen LogP contribution in [0.3, 0.4) is 0 Å². The van der Waals surface area contributed by atoms with Crippen LogP contribution in [-0.2, 0) is 33.4 Å². The van der Waals surface area contributed by atoms with Gasteiger partial charge >= 0.3 is 5.97 Å². The number of esters is 1. The third-order valence-corrected chi connectivity index (χ3v) is 10.3. The van der Waals surface area contributed by atoms with Crippen LogP contribution in [0.25, 0.3) is 0 Å². The van der Waals surface area contributed by atoms with Gasteiger partial charge in [0.15, 0.2) is 0 Å². The molecule has 0 saturated carbocycles. The molecule has 10 atom stereocenters. The Balaban J connectivity index is 2.00. The zero-order valence-electron chi connectivity index (χ0n) is 26.3. The number of hydrogen-bond acceptors (Lipinski definition) is 10. The molecule has 3 aliphatic rings. The van der Waals surface area contributed by atoms with Crippen molar-refractivity contribution in [3.63, 3.8) is 0 Å². The largest absolute Gasteiger partial charge is 0.459 e. The lowest BCUT2D eigenvalue weighted by Crippen LogP contribution is -2.58. The molecule has 3 aliphatic heterocycles. The molecular formula is C31H52N2O8. The van der Waals surface area contributed by atoms with Crippen molar-refractivity contribution in [2.45, 2.75) is 98.8 Å². The van der Waals surface area contributed by atoms with E-state index in [9.17, 15) is 24.3 Å². The molecule has 0 aliphatic carbocycles. The van der Waals surface area contributed by atoms with Gasteiger partial charge in [0.2, 0.25) is 6.41 Å². The van der Waals surface area contributed by atoms with Gasteiger partial charge in [0.05, 0.1) is 19.3 Å². The molecule has 3 fully saturated rings. The summed E-state index contributed by atoms with van der Waals surface area (Å²) in [5, 5.41) is 11.2. The number of fused-ring (bicyclic) bond motifs is 1. The fourth-order valence-corrected chi connectivity index (χ4v) is 7.31.